The molecule has 24 heavy (non-hydrogen) atoms. The summed E-state index contributed by atoms with van der Waals surface area (Å²) in [6.07, 6.45) is 2.73. The molecule has 1 atom stereocenters. The molecule has 0 radical (unpaired) electrons. The van der Waals surface area contributed by atoms with E-state index in [2.05, 4.69) is 10.6 Å². The fraction of sp³-hybridized carbons (Fsp3) is 0.556. The van der Waals surface area contributed by atoms with E-state index in [-0.39, 0.29) is 17.9 Å². The smallest absolute Gasteiger partial charge is 0.235 e. The molecular weight excluding hydrogens is 328 g/mol. The van der Waals surface area contributed by atoms with Crippen molar-refractivity contribution >= 4 is 23.4 Å². The van der Waals surface area contributed by atoms with Crippen molar-refractivity contribution in [3.05, 3.63) is 34.9 Å². The molecule has 0 aromatic heterocycles. The second-order valence-electron chi connectivity index (χ2n) is 6.60. The van der Waals surface area contributed by atoms with Crippen molar-refractivity contribution in [2.75, 3.05) is 19.7 Å². The van der Waals surface area contributed by atoms with E-state index < -0.39 is 5.41 Å². The van der Waals surface area contributed by atoms with Crippen LogP contribution in [0.15, 0.2) is 24.3 Å². The van der Waals surface area contributed by atoms with Crippen LogP contribution >= 0.6 is 11.6 Å². The molecule has 1 aliphatic rings. The van der Waals surface area contributed by atoms with Gasteiger partial charge in [-0.25, -0.2) is 0 Å². The van der Waals surface area contributed by atoms with Crippen LogP contribution in [-0.2, 0) is 20.7 Å². The Labute approximate surface area is 148 Å². The molecule has 1 fully saturated rings. The molecule has 1 unspecified atom stereocenters. The Morgan fingerprint density at radius 1 is 1.21 bits per heavy atom. The van der Waals surface area contributed by atoms with Gasteiger partial charge in [0.05, 0.1) is 6.10 Å². The predicted octanol–water partition coefficient (Wildman–Crippen LogP) is 2.32. The van der Waals surface area contributed by atoms with E-state index in [0.29, 0.717) is 24.5 Å². The molecule has 1 aromatic carbocycles. The van der Waals surface area contributed by atoms with Crippen LogP contribution in [0.25, 0.3) is 0 Å². The number of nitrogens with one attached hydrogen (secondary N) is 2. The molecule has 1 aliphatic heterocycles. The van der Waals surface area contributed by atoms with Gasteiger partial charge in [0.1, 0.15) is 5.41 Å². The van der Waals surface area contributed by atoms with Crippen molar-refractivity contribution in [2.24, 2.45) is 5.41 Å². The second-order valence-corrected chi connectivity index (χ2v) is 7.04. The van der Waals surface area contributed by atoms with Crippen molar-refractivity contribution in [2.45, 2.75) is 39.2 Å². The van der Waals surface area contributed by atoms with E-state index in [1.807, 2.05) is 24.3 Å². The fourth-order valence-electron chi connectivity index (χ4n) is 2.53. The van der Waals surface area contributed by atoms with Gasteiger partial charge in [0.2, 0.25) is 11.8 Å². The topological polar surface area (TPSA) is 67.4 Å². The predicted molar refractivity (Wildman–Crippen MR) is 93.9 cm³/mol. The summed E-state index contributed by atoms with van der Waals surface area (Å²) in [4.78, 5) is 24.6. The third kappa shape index (κ3) is 5.21. The summed E-state index contributed by atoms with van der Waals surface area (Å²) in [5.41, 5.74) is -0.0289. The first-order valence-electron chi connectivity index (χ1n) is 8.32. The number of hydrogen-bond donors (Lipinski definition) is 2. The van der Waals surface area contributed by atoms with Gasteiger partial charge in [0, 0.05) is 24.7 Å². The van der Waals surface area contributed by atoms with Crippen LogP contribution in [0.4, 0.5) is 0 Å². The zero-order chi connectivity index (χ0) is 17.6. The largest absolute Gasteiger partial charge is 0.376 e. The Morgan fingerprint density at radius 2 is 1.88 bits per heavy atom. The number of ether oxygens (including phenoxy) is 1. The molecule has 5 nitrogen and oxygen atoms in total. The highest BCUT2D eigenvalue weighted by Gasteiger charge is 2.36. The summed E-state index contributed by atoms with van der Waals surface area (Å²) < 4.78 is 5.47. The van der Waals surface area contributed by atoms with E-state index in [9.17, 15) is 9.59 Å². The van der Waals surface area contributed by atoms with Crippen LogP contribution < -0.4 is 10.6 Å². The van der Waals surface area contributed by atoms with Crippen molar-refractivity contribution < 1.29 is 14.3 Å². The molecule has 2 amide bonds. The SMILES string of the molecule is CC(C)(C(=O)NCCc1ccc(Cl)cc1)C(=O)NCC1CCCO1. The van der Waals surface area contributed by atoms with Gasteiger partial charge in [0.25, 0.3) is 0 Å². The van der Waals surface area contributed by atoms with Gasteiger partial charge in [-0.3, -0.25) is 9.59 Å². The molecule has 1 heterocycles. The summed E-state index contributed by atoms with van der Waals surface area (Å²) >= 11 is 5.84. The molecule has 0 bridgehead atoms. The number of amides is 2. The van der Waals surface area contributed by atoms with Gasteiger partial charge in [-0.2, -0.15) is 0 Å². The minimum atomic E-state index is -1.11. The fourth-order valence-corrected chi connectivity index (χ4v) is 2.65. The van der Waals surface area contributed by atoms with E-state index in [0.717, 1.165) is 25.0 Å². The lowest BCUT2D eigenvalue weighted by atomic mass is 9.91. The molecule has 132 valence electrons. The average molecular weight is 353 g/mol. The lowest BCUT2D eigenvalue weighted by Gasteiger charge is -2.23. The first-order valence-corrected chi connectivity index (χ1v) is 8.70. The van der Waals surface area contributed by atoms with Gasteiger partial charge < -0.3 is 15.4 Å². The van der Waals surface area contributed by atoms with Crippen LogP contribution in [0.5, 0.6) is 0 Å². The maximum absolute atomic E-state index is 12.3. The maximum Gasteiger partial charge on any atom is 0.235 e. The minimum absolute atomic E-state index is 0.0673. The van der Waals surface area contributed by atoms with Crippen molar-refractivity contribution in [3.8, 4) is 0 Å². The molecule has 2 N–H and O–H groups in total. The zero-order valence-electron chi connectivity index (χ0n) is 14.2. The van der Waals surface area contributed by atoms with Crippen molar-refractivity contribution in [1.29, 1.82) is 0 Å². The summed E-state index contributed by atoms with van der Waals surface area (Å²) in [6.45, 7) is 4.95. The van der Waals surface area contributed by atoms with Crippen LogP contribution in [-0.4, -0.2) is 37.6 Å². The molecule has 0 saturated carbocycles. The van der Waals surface area contributed by atoms with E-state index >= 15 is 0 Å². The van der Waals surface area contributed by atoms with Crippen LogP contribution in [0.3, 0.4) is 0 Å². The Bertz CT molecular complexity index is 566. The van der Waals surface area contributed by atoms with Gasteiger partial charge in [0.15, 0.2) is 0 Å². The summed E-state index contributed by atoms with van der Waals surface area (Å²) in [7, 11) is 0. The Hall–Kier alpha value is -1.59. The molecule has 2 rings (SSSR count). The van der Waals surface area contributed by atoms with Crippen LogP contribution in [0.1, 0.15) is 32.3 Å². The van der Waals surface area contributed by atoms with E-state index in [1.165, 1.54) is 0 Å². The lowest BCUT2D eigenvalue weighted by molar-refractivity contribution is -0.141. The van der Waals surface area contributed by atoms with Gasteiger partial charge >= 0.3 is 0 Å². The standard InChI is InChI=1S/C18H25ClN2O3/c1-18(2,17(23)21-12-15-4-3-11-24-15)16(22)20-10-9-13-5-7-14(19)8-6-13/h5-8,15H,3-4,9-12H2,1-2H3,(H,20,22)(H,21,23). The van der Waals surface area contributed by atoms with Crippen LogP contribution in [0, 0.1) is 5.41 Å². The third-order valence-corrected chi connectivity index (χ3v) is 4.51. The molecule has 1 saturated heterocycles. The van der Waals surface area contributed by atoms with Crippen molar-refractivity contribution in [3.63, 3.8) is 0 Å². The zero-order valence-corrected chi connectivity index (χ0v) is 15.0. The molecule has 0 aliphatic carbocycles. The number of carbonyl (C=O) groups is 2. The molecule has 6 heteroatoms. The van der Waals surface area contributed by atoms with Gasteiger partial charge in [-0.1, -0.05) is 23.7 Å². The third-order valence-electron chi connectivity index (χ3n) is 4.26. The van der Waals surface area contributed by atoms with Crippen LogP contribution in [0.2, 0.25) is 5.02 Å². The Morgan fingerprint density at radius 3 is 2.50 bits per heavy atom. The normalized spacial score (nSPS) is 17.5. The van der Waals surface area contributed by atoms with E-state index in [1.54, 1.807) is 13.8 Å². The Kier molecular flexibility index (Phi) is 6.63. The van der Waals surface area contributed by atoms with Gasteiger partial charge in [-0.05, 0) is 50.8 Å². The molecule has 0 spiro atoms. The summed E-state index contributed by atoms with van der Waals surface area (Å²) in [5.74, 6) is -0.553. The average Bonchev–Trinajstić information content (AvgIpc) is 3.07. The first-order chi connectivity index (χ1) is 11.4. The summed E-state index contributed by atoms with van der Waals surface area (Å²) in [5, 5.41) is 6.34. The molecular formula is C18H25ClN2O3. The lowest BCUT2D eigenvalue weighted by Crippen LogP contribution is -2.49. The highest BCUT2D eigenvalue weighted by atomic mass is 35.5. The Balaban J connectivity index is 1.75. The number of hydrogen-bond acceptors (Lipinski definition) is 3. The summed E-state index contributed by atoms with van der Waals surface area (Å²) in [6, 6.07) is 7.49. The number of halogens is 1. The first kappa shape index (κ1) is 18.7. The second kappa shape index (κ2) is 8.49. The quantitative estimate of drug-likeness (QED) is 0.740. The maximum atomic E-state index is 12.3. The van der Waals surface area contributed by atoms with Crippen molar-refractivity contribution in [1.82, 2.24) is 10.6 Å². The minimum Gasteiger partial charge on any atom is -0.376 e. The monoisotopic (exact) mass is 352 g/mol. The number of rotatable bonds is 7. The number of benzene rings is 1. The van der Waals surface area contributed by atoms with Gasteiger partial charge in [-0.15, -0.1) is 0 Å². The highest BCUT2D eigenvalue weighted by Crippen LogP contribution is 2.17. The highest BCUT2D eigenvalue weighted by molar-refractivity contribution is 6.30. The molecule has 1 aromatic rings. The number of carbonyl (C=O) groups excluding carboxylic acids is 2. The van der Waals surface area contributed by atoms with E-state index in [4.69, 9.17) is 16.3 Å².